The Balaban J connectivity index is 1.79. The largest absolute Gasteiger partial charge is 0.758 e. The minimum absolute atomic E-state index is 0.0917. The van der Waals surface area contributed by atoms with Crippen molar-refractivity contribution in [1.29, 1.82) is 0 Å². The molecule has 1 aliphatic rings. The summed E-state index contributed by atoms with van der Waals surface area (Å²) in [7, 11) is 0. The van der Waals surface area contributed by atoms with Crippen LogP contribution in [0.1, 0.15) is 19.4 Å². The molecular formula is C16H25N2O4-. The Morgan fingerprint density at radius 1 is 1.45 bits per heavy atom. The topological polar surface area (TPSA) is 88.0 Å². The molecule has 0 spiro atoms. The Morgan fingerprint density at radius 2 is 2.23 bits per heavy atom. The van der Waals surface area contributed by atoms with Crippen molar-refractivity contribution < 1.29 is 14.9 Å². The maximum absolute atomic E-state index is 11.6. The average Bonchev–Trinajstić information content (AvgIpc) is 2.87. The highest BCUT2D eigenvalue weighted by molar-refractivity contribution is 5.63. The summed E-state index contributed by atoms with van der Waals surface area (Å²) < 4.78 is 5.66. The standard InChI is InChI=1S/C16H25N2O4/c1-16(2,11-19)10-17-8-12(20)9-22-15-5-3-4-14-13(15)6-7-18(14)21/h3-5,12,17,19-20H,6-11H2,1-2H3/q-1. The number of hydrogen-bond acceptors (Lipinski definition) is 6. The number of fused-ring (bicyclic) bond motifs is 1. The molecule has 0 aromatic heterocycles. The molecule has 3 N–H and O–H groups in total. The molecule has 6 heteroatoms. The monoisotopic (exact) mass is 309 g/mol. The predicted octanol–water partition coefficient (Wildman–Crippen LogP) is 0.895. The van der Waals surface area contributed by atoms with Crippen LogP contribution in [-0.2, 0) is 6.42 Å². The van der Waals surface area contributed by atoms with Gasteiger partial charge in [-0.1, -0.05) is 19.9 Å². The van der Waals surface area contributed by atoms with Gasteiger partial charge in [-0.25, -0.2) is 0 Å². The number of nitrogens with zero attached hydrogens (tertiary/aromatic N) is 1. The van der Waals surface area contributed by atoms with E-state index >= 15 is 0 Å². The molecule has 0 bridgehead atoms. The zero-order valence-electron chi connectivity index (χ0n) is 13.2. The number of hydroxylamine groups is 1. The lowest BCUT2D eigenvalue weighted by Gasteiger charge is -2.25. The molecule has 1 heterocycles. The number of aliphatic hydroxyl groups excluding tert-OH is 2. The van der Waals surface area contributed by atoms with E-state index in [-0.39, 0.29) is 18.6 Å². The molecule has 0 amide bonds. The van der Waals surface area contributed by atoms with E-state index in [1.165, 1.54) is 0 Å². The van der Waals surface area contributed by atoms with Crippen LogP contribution in [0.3, 0.4) is 0 Å². The lowest BCUT2D eigenvalue weighted by molar-refractivity contribution is 0.0977. The molecule has 1 aromatic carbocycles. The molecule has 1 atom stereocenters. The molecule has 0 saturated carbocycles. The fourth-order valence-corrected chi connectivity index (χ4v) is 2.39. The van der Waals surface area contributed by atoms with Crippen LogP contribution in [-0.4, -0.2) is 49.2 Å². The van der Waals surface area contributed by atoms with Crippen LogP contribution in [0.2, 0.25) is 0 Å². The first kappa shape index (κ1) is 17.0. The van der Waals surface area contributed by atoms with Gasteiger partial charge < -0.3 is 30.5 Å². The van der Waals surface area contributed by atoms with E-state index in [4.69, 9.17) is 9.84 Å². The third kappa shape index (κ3) is 4.33. The fraction of sp³-hybridized carbons (Fsp3) is 0.625. The second-order valence-electron chi connectivity index (χ2n) is 6.52. The van der Waals surface area contributed by atoms with Gasteiger partial charge in [0, 0.05) is 42.9 Å². The normalized spacial score (nSPS) is 15.8. The second kappa shape index (κ2) is 7.28. The quantitative estimate of drug-likeness (QED) is 0.661. The SMILES string of the molecule is CC(C)(CO)CNCC(O)COc1cccc2c1CCN2[O-]. The summed E-state index contributed by atoms with van der Waals surface area (Å²) >= 11 is 0. The number of anilines is 1. The second-order valence-corrected chi connectivity index (χ2v) is 6.52. The first-order chi connectivity index (χ1) is 10.4. The molecule has 1 aliphatic heterocycles. The Morgan fingerprint density at radius 3 is 2.95 bits per heavy atom. The Kier molecular flexibility index (Phi) is 5.63. The van der Waals surface area contributed by atoms with Crippen molar-refractivity contribution in [3.05, 3.63) is 29.0 Å². The van der Waals surface area contributed by atoms with E-state index < -0.39 is 6.10 Å². The van der Waals surface area contributed by atoms with Crippen molar-refractivity contribution in [2.75, 3.05) is 37.9 Å². The van der Waals surface area contributed by atoms with Gasteiger partial charge in [0.15, 0.2) is 0 Å². The number of aliphatic hydroxyl groups is 2. The highest BCUT2D eigenvalue weighted by atomic mass is 16.5. The number of benzene rings is 1. The van der Waals surface area contributed by atoms with E-state index in [0.717, 1.165) is 10.6 Å². The van der Waals surface area contributed by atoms with Gasteiger partial charge in [-0.15, -0.1) is 0 Å². The number of hydrogen-bond donors (Lipinski definition) is 3. The van der Waals surface area contributed by atoms with Gasteiger partial charge >= 0.3 is 0 Å². The van der Waals surface area contributed by atoms with Crippen molar-refractivity contribution in [1.82, 2.24) is 5.32 Å². The molecule has 0 saturated heterocycles. The van der Waals surface area contributed by atoms with Crippen LogP contribution in [0.15, 0.2) is 18.2 Å². The van der Waals surface area contributed by atoms with E-state index in [9.17, 15) is 10.3 Å². The maximum Gasteiger partial charge on any atom is 0.124 e. The molecular weight excluding hydrogens is 284 g/mol. The zero-order valence-corrected chi connectivity index (χ0v) is 13.2. The summed E-state index contributed by atoms with van der Waals surface area (Å²) in [5.74, 6) is 0.672. The zero-order chi connectivity index (χ0) is 16.2. The third-order valence-electron chi connectivity index (χ3n) is 3.78. The summed E-state index contributed by atoms with van der Waals surface area (Å²) in [5, 5.41) is 34.8. The van der Waals surface area contributed by atoms with Gasteiger partial charge in [0.25, 0.3) is 0 Å². The lowest BCUT2D eigenvalue weighted by atomic mass is 9.95. The van der Waals surface area contributed by atoms with Crippen LogP contribution in [0, 0.1) is 10.6 Å². The molecule has 1 aromatic rings. The molecule has 124 valence electrons. The van der Waals surface area contributed by atoms with Crippen LogP contribution in [0.25, 0.3) is 0 Å². The molecule has 2 rings (SSSR count). The van der Waals surface area contributed by atoms with E-state index in [0.29, 0.717) is 37.5 Å². The maximum atomic E-state index is 11.6. The van der Waals surface area contributed by atoms with Gasteiger partial charge in [-0.2, -0.15) is 0 Å². The minimum Gasteiger partial charge on any atom is -0.758 e. The van der Waals surface area contributed by atoms with Gasteiger partial charge in [-0.3, -0.25) is 0 Å². The first-order valence-corrected chi connectivity index (χ1v) is 7.62. The molecule has 1 unspecified atom stereocenters. The van der Waals surface area contributed by atoms with Gasteiger partial charge in [-0.05, 0) is 18.6 Å². The van der Waals surface area contributed by atoms with Gasteiger partial charge in [0.1, 0.15) is 18.5 Å². The molecule has 0 aliphatic carbocycles. The molecule has 0 fully saturated rings. The highest BCUT2D eigenvalue weighted by Gasteiger charge is 2.19. The summed E-state index contributed by atoms with van der Waals surface area (Å²) in [5.41, 5.74) is 1.37. The van der Waals surface area contributed by atoms with Crippen molar-refractivity contribution in [2.24, 2.45) is 5.41 Å². The van der Waals surface area contributed by atoms with Gasteiger partial charge in [0.2, 0.25) is 0 Å². The van der Waals surface area contributed by atoms with Crippen LogP contribution >= 0.6 is 0 Å². The van der Waals surface area contributed by atoms with Crippen molar-refractivity contribution in [3.8, 4) is 5.75 Å². The summed E-state index contributed by atoms with van der Waals surface area (Å²) in [6.07, 6.45) is 0.0312. The number of ether oxygens (including phenoxy) is 1. The lowest BCUT2D eigenvalue weighted by Crippen LogP contribution is -2.38. The molecule has 0 radical (unpaired) electrons. The Hall–Kier alpha value is -1.34. The first-order valence-electron chi connectivity index (χ1n) is 7.62. The Bertz CT molecular complexity index is 493. The number of nitrogens with one attached hydrogen (secondary N) is 1. The minimum atomic E-state index is -0.643. The van der Waals surface area contributed by atoms with E-state index in [1.807, 2.05) is 19.9 Å². The summed E-state index contributed by atoms with van der Waals surface area (Å²) in [6.45, 7) is 5.63. The van der Waals surface area contributed by atoms with E-state index in [2.05, 4.69) is 5.32 Å². The molecule has 6 nitrogen and oxygen atoms in total. The van der Waals surface area contributed by atoms with Crippen LogP contribution < -0.4 is 15.1 Å². The fourth-order valence-electron chi connectivity index (χ4n) is 2.39. The Labute approximate surface area is 131 Å². The van der Waals surface area contributed by atoms with Crippen molar-refractivity contribution in [2.45, 2.75) is 26.4 Å². The third-order valence-corrected chi connectivity index (χ3v) is 3.78. The molecule has 22 heavy (non-hydrogen) atoms. The van der Waals surface area contributed by atoms with Crippen molar-refractivity contribution in [3.63, 3.8) is 0 Å². The highest BCUT2D eigenvalue weighted by Crippen LogP contribution is 2.34. The summed E-state index contributed by atoms with van der Waals surface area (Å²) in [6, 6.07) is 5.41. The smallest absolute Gasteiger partial charge is 0.124 e. The average molecular weight is 309 g/mol. The van der Waals surface area contributed by atoms with Crippen LogP contribution in [0.5, 0.6) is 5.75 Å². The van der Waals surface area contributed by atoms with Crippen LogP contribution in [0.4, 0.5) is 5.69 Å². The van der Waals surface area contributed by atoms with Crippen molar-refractivity contribution >= 4 is 5.69 Å². The number of rotatable bonds is 8. The van der Waals surface area contributed by atoms with E-state index in [1.54, 1.807) is 12.1 Å². The predicted molar refractivity (Wildman–Crippen MR) is 86.1 cm³/mol. The summed E-state index contributed by atoms with van der Waals surface area (Å²) in [4.78, 5) is 0. The van der Waals surface area contributed by atoms with Gasteiger partial charge in [0.05, 0.1) is 0 Å².